The minimum atomic E-state index is -0.445. The highest BCUT2D eigenvalue weighted by Crippen LogP contribution is 2.20. The summed E-state index contributed by atoms with van der Waals surface area (Å²) in [5.41, 5.74) is 0.696. The van der Waals surface area contributed by atoms with Crippen LogP contribution in [0.15, 0.2) is 18.2 Å². The number of hydrogen-bond donors (Lipinski definition) is 0. The monoisotopic (exact) mass is 366 g/mol. The molecule has 26 heavy (non-hydrogen) atoms. The highest BCUT2D eigenvalue weighted by Gasteiger charge is 2.28. The zero-order valence-electron chi connectivity index (χ0n) is 15.7. The summed E-state index contributed by atoms with van der Waals surface area (Å²) in [6.45, 7) is 4.04. The zero-order valence-corrected chi connectivity index (χ0v) is 15.7. The summed E-state index contributed by atoms with van der Waals surface area (Å²) >= 11 is 0. The zero-order chi connectivity index (χ0) is 19.1. The van der Waals surface area contributed by atoms with Gasteiger partial charge in [-0.1, -0.05) is 6.07 Å². The van der Waals surface area contributed by atoms with Gasteiger partial charge in [0.1, 0.15) is 0 Å². The number of hydrogen-bond acceptors (Lipinski definition) is 5. The molecule has 6 nitrogen and oxygen atoms in total. The van der Waals surface area contributed by atoms with Gasteiger partial charge >= 0.3 is 5.97 Å². The molecule has 1 aliphatic rings. The van der Waals surface area contributed by atoms with Crippen LogP contribution in [0.5, 0.6) is 5.75 Å². The Morgan fingerprint density at radius 1 is 1.38 bits per heavy atom. The van der Waals surface area contributed by atoms with Gasteiger partial charge in [0.05, 0.1) is 26.2 Å². The number of piperidine rings is 1. The molecule has 0 radical (unpaired) electrons. The Bertz CT molecular complexity index is 638. The van der Waals surface area contributed by atoms with Crippen molar-refractivity contribution in [2.24, 2.45) is 5.92 Å². The third kappa shape index (κ3) is 5.42. The summed E-state index contributed by atoms with van der Waals surface area (Å²) in [5.74, 6) is -0.685. The average Bonchev–Trinajstić information content (AvgIpc) is 2.62. The number of halogens is 1. The van der Waals surface area contributed by atoms with Crippen LogP contribution in [0.3, 0.4) is 0 Å². The number of benzene rings is 1. The van der Waals surface area contributed by atoms with E-state index < -0.39 is 5.82 Å². The molecule has 1 amide bonds. The summed E-state index contributed by atoms with van der Waals surface area (Å²) in [4.78, 5) is 27.9. The Morgan fingerprint density at radius 2 is 2.15 bits per heavy atom. The molecule has 0 spiro atoms. The van der Waals surface area contributed by atoms with Crippen molar-refractivity contribution in [3.63, 3.8) is 0 Å². The SMILES string of the molecule is CCOC(=O)C1CCCN(CC(=O)N(C)Cc2ccc(OC)c(F)c2)C1. The van der Waals surface area contributed by atoms with Crippen molar-refractivity contribution in [3.8, 4) is 5.75 Å². The first-order valence-electron chi connectivity index (χ1n) is 8.90. The quantitative estimate of drug-likeness (QED) is 0.692. The molecule has 0 N–H and O–H groups in total. The molecular weight excluding hydrogens is 339 g/mol. The predicted molar refractivity (Wildman–Crippen MR) is 95.2 cm³/mol. The van der Waals surface area contributed by atoms with E-state index in [1.807, 2.05) is 4.90 Å². The second-order valence-electron chi connectivity index (χ2n) is 6.55. The number of amides is 1. The molecule has 0 bridgehead atoms. The largest absolute Gasteiger partial charge is 0.494 e. The van der Waals surface area contributed by atoms with Crippen LogP contribution in [-0.2, 0) is 20.9 Å². The van der Waals surface area contributed by atoms with Crippen LogP contribution in [0, 0.1) is 11.7 Å². The van der Waals surface area contributed by atoms with Gasteiger partial charge in [0.2, 0.25) is 5.91 Å². The lowest BCUT2D eigenvalue weighted by Gasteiger charge is -2.32. The molecule has 1 saturated heterocycles. The van der Waals surface area contributed by atoms with Crippen molar-refractivity contribution in [2.75, 3.05) is 40.4 Å². The van der Waals surface area contributed by atoms with E-state index in [2.05, 4.69) is 0 Å². The van der Waals surface area contributed by atoms with Crippen molar-refractivity contribution in [2.45, 2.75) is 26.3 Å². The van der Waals surface area contributed by atoms with Gasteiger partial charge in [-0.25, -0.2) is 4.39 Å². The number of likely N-dealkylation sites (tertiary alicyclic amines) is 1. The van der Waals surface area contributed by atoms with Crippen molar-refractivity contribution < 1.29 is 23.5 Å². The molecule has 1 atom stereocenters. The first kappa shape index (κ1) is 20.2. The molecule has 144 valence electrons. The Morgan fingerprint density at radius 3 is 2.81 bits per heavy atom. The molecule has 1 heterocycles. The van der Waals surface area contributed by atoms with Crippen LogP contribution in [0.25, 0.3) is 0 Å². The molecule has 2 rings (SSSR count). The second kappa shape index (κ2) is 9.52. The van der Waals surface area contributed by atoms with Crippen molar-refractivity contribution in [3.05, 3.63) is 29.6 Å². The van der Waals surface area contributed by atoms with Crippen LogP contribution >= 0.6 is 0 Å². The second-order valence-corrected chi connectivity index (χ2v) is 6.55. The summed E-state index contributed by atoms with van der Waals surface area (Å²) in [5, 5.41) is 0. The molecule has 0 saturated carbocycles. The Kier molecular flexibility index (Phi) is 7.38. The average molecular weight is 366 g/mol. The van der Waals surface area contributed by atoms with Gasteiger partial charge in [-0.15, -0.1) is 0 Å². The normalized spacial score (nSPS) is 17.6. The topological polar surface area (TPSA) is 59.1 Å². The van der Waals surface area contributed by atoms with E-state index in [-0.39, 0.29) is 30.1 Å². The van der Waals surface area contributed by atoms with Gasteiger partial charge in [0.15, 0.2) is 11.6 Å². The summed E-state index contributed by atoms with van der Waals surface area (Å²) < 4.78 is 23.8. The van der Waals surface area contributed by atoms with Gasteiger partial charge in [-0.3, -0.25) is 14.5 Å². The minimum absolute atomic E-state index is 0.0641. The Balaban J connectivity index is 1.88. The number of nitrogens with zero attached hydrogens (tertiary/aromatic N) is 2. The molecule has 1 aliphatic heterocycles. The van der Waals surface area contributed by atoms with Crippen LogP contribution in [0.1, 0.15) is 25.3 Å². The van der Waals surface area contributed by atoms with Crippen molar-refractivity contribution in [1.29, 1.82) is 0 Å². The lowest BCUT2D eigenvalue weighted by atomic mass is 9.98. The fourth-order valence-electron chi connectivity index (χ4n) is 3.13. The van der Waals surface area contributed by atoms with E-state index in [1.165, 1.54) is 13.2 Å². The Hall–Kier alpha value is -2.15. The van der Waals surface area contributed by atoms with Gasteiger partial charge in [0, 0.05) is 20.1 Å². The molecule has 1 fully saturated rings. The number of rotatable bonds is 7. The standard InChI is InChI=1S/C19H27FN2O4/c1-4-26-19(24)15-6-5-9-22(12-15)13-18(23)21(2)11-14-7-8-17(25-3)16(20)10-14/h7-8,10,15H,4-6,9,11-13H2,1-3H3. The number of carbonyl (C=O) groups is 2. The fourth-order valence-corrected chi connectivity index (χ4v) is 3.13. The first-order chi connectivity index (χ1) is 12.4. The number of methoxy groups -OCH3 is 1. The number of carbonyl (C=O) groups excluding carboxylic acids is 2. The van der Waals surface area contributed by atoms with E-state index in [4.69, 9.17) is 9.47 Å². The van der Waals surface area contributed by atoms with E-state index in [0.29, 0.717) is 25.3 Å². The lowest BCUT2D eigenvalue weighted by molar-refractivity contribution is -0.150. The Labute approximate surface area is 153 Å². The number of esters is 1. The fraction of sp³-hybridized carbons (Fsp3) is 0.579. The molecular formula is C19H27FN2O4. The van der Waals surface area contributed by atoms with E-state index in [1.54, 1.807) is 31.0 Å². The van der Waals surface area contributed by atoms with Gasteiger partial charge in [-0.05, 0) is 44.0 Å². The van der Waals surface area contributed by atoms with E-state index in [0.717, 1.165) is 19.4 Å². The lowest BCUT2D eigenvalue weighted by Crippen LogP contribution is -2.44. The van der Waals surface area contributed by atoms with Crippen LogP contribution in [-0.4, -0.2) is 62.1 Å². The minimum Gasteiger partial charge on any atom is -0.494 e. The number of likely N-dealkylation sites (N-methyl/N-ethyl adjacent to an activating group) is 1. The van der Waals surface area contributed by atoms with Crippen molar-refractivity contribution >= 4 is 11.9 Å². The highest BCUT2D eigenvalue weighted by molar-refractivity contribution is 5.78. The third-order valence-corrected chi connectivity index (χ3v) is 4.55. The molecule has 0 aliphatic carbocycles. The maximum atomic E-state index is 13.8. The maximum Gasteiger partial charge on any atom is 0.310 e. The number of ether oxygens (including phenoxy) is 2. The summed E-state index contributed by atoms with van der Waals surface area (Å²) in [7, 11) is 3.10. The van der Waals surface area contributed by atoms with E-state index in [9.17, 15) is 14.0 Å². The molecule has 1 aromatic rings. The summed E-state index contributed by atoms with van der Waals surface area (Å²) in [6.07, 6.45) is 1.66. The molecule has 7 heteroatoms. The smallest absolute Gasteiger partial charge is 0.310 e. The van der Waals surface area contributed by atoms with Gasteiger partial charge in [0.25, 0.3) is 0 Å². The van der Waals surface area contributed by atoms with Crippen molar-refractivity contribution in [1.82, 2.24) is 9.80 Å². The molecule has 1 unspecified atom stereocenters. The van der Waals surface area contributed by atoms with Crippen LogP contribution in [0.2, 0.25) is 0 Å². The molecule has 0 aromatic heterocycles. The van der Waals surface area contributed by atoms with E-state index >= 15 is 0 Å². The highest BCUT2D eigenvalue weighted by atomic mass is 19.1. The third-order valence-electron chi connectivity index (χ3n) is 4.55. The first-order valence-corrected chi connectivity index (χ1v) is 8.90. The van der Waals surface area contributed by atoms with Crippen LogP contribution < -0.4 is 4.74 Å². The van der Waals surface area contributed by atoms with Gasteiger partial charge < -0.3 is 14.4 Å². The van der Waals surface area contributed by atoms with Crippen LogP contribution in [0.4, 0.5) is 4.39 Å². The maximum absolute atomic E-state index is 13.8. The summed E-state index contributed by atoms with van der Waals surface area (Å²) in [6, 6.07) is 4.67. The molecule has 1 aromatic carbocycles. The predicted octanol–water partition coefficient (Wildman–Crippen LogP) is 2.07. The van der Waals surface area contributed by atoms with Gasteiger partial charge in [-0.2, -0.15) is 0 Å².